The van der Waals surface area contributed by atoms with Crippen LogP contribution in [0.15, 0.2) is 0 Å². The van der Waals surface area contributed by atoms with E-state index in [1.165, 1.54) is 0 Å². The molecule has 1 aliphatic heterocycles. The molecule has 0 radical (unpaired) electrons. The number of rotatable bonds is 5. The average molecular weight is 256 g/mol. The van der Waals surface area contributed by atoms with Crippen molar-refractivity contribution >= 4 is 0 Å². The molecule has 3 heteroatoms. The van der Waals surface area contributed by atoms with Crippen molar-refractivity contribution < 1.29 is 4.74 Å². The van der Waals surface area contributed by atoms with Gasteiger partial charge >= 0.3 is 0 Å². The van der Waals surface area contributed by atoms with Gasteiger partial charge in [-0.3, -0.25) is 4.90 Å². The average Bonchev–Trinajstić information content (AvgIpc) is 2.20. The third-order valence-electron chi connectivity index (χ3n) is 3.84. The number of hydrogen-bond donors (Lipinski definition) is 1. The monoisotopic (exact) mass is 256 g/mol. The van der Waals surface area contributed by atoms with E-state index in [1.54, 1.807) is 0 Å². The molecular weight excluding hydrogens is 224 g/mol. The lowest BCUT2D eigenvalue weighted by Crippen LogP contribution is -2.60. The Labute approximate surface area is 113 Å². The second-order valence-corrected chi connectivity index (χ2v) is 7.05. The highest BCUT2D eigenvalue weighted by molar-refractivity contribution is 4.92. The largest absolute Gasteiger partial charge is 0.367 e. The summed E-state index contributed by atoms with van der Waals surface area (Å²) in [5, 5.41) is 3.45. The van der Waals surface area contributed by atoms with Crippen LogP contribution in [0, 0.1) is 5.92 Å². The number of ether oxygens (including phenoxy) is 1. The van der Waals surface area contributed by atoms with E-state index in [0.29, 0.717) is 12.0 Å². The number of hydrogen-bond acceptors (Lipinski definition) is 3. The molecule has 1 N–H and O–H groups in total. The van der Waals surface area contributed by atoms with Gasteiger partial charge in [-0.05, 0) is 53.6 Å². The van der Waals surface area contributed by atoms with Crippen LogP contribution in [0.2, 0.25) is 0 Å². The Hall–Kier alpha value is -0.120. The van der Waals surface area contributed by atoms with E-state index in [2.05, 4.69) is 58.7 Å². The molecule has 0 spiro atoms. The molecule has 0 aliphatic carbocycles. The molecule has 0 aromatic heterocycles. The maximum Gasteiger partial charge on any atom is 0.0760 e. The van der Waals surface area contributed by atoms with Crippen molar-refractivity contribution in [3.8, 4) is 0 Å². The van der Waals surface area contributed by atoms with Crippen LogP contribution < -0.4 is 5.32 Å². The van der Waals surface area contributed by atoms with E-state index in [-0.39, 0.29) is 11.2 Å². The number of morpholine rings is 1. The Balaban J connectivity index is 2.64. The molecule has 0 aromatic rings. The van der Waals surface area contributed by atoms with Crippen LogP contribution in [-0.2, 0) is 4.74 Å². The van der Waals surface area contributed by atoms with Crippen molar-refractivity contribution in [2.24, 2.45) is 5.92 Å². The van der Waals surface area contributed by atoms with Crippen LogP contribution in [0.3, 0.4) is 0 Å². The van der Waals surface area contributed by atoms with Crippen LogP contribution in [0.4, 0.5) is 0 Å². The van der Waals surface area contributed by atoms with Crippen LogP contribution >= 0.6 is 0 Å². The molecule has 0 amide bonds. The van der Waals surface area contributed by atoms with Crippen molar-refractivity contribution in [1.29, 1.82) is 0 Å². The zero-order valence-corrected chi connectivity index (χ0v) is 13.3. The minimum Gasteiger partial charge on any atom is -0.367 e. The van der Waals surface area contributed by atoms with Crippen LogP contribution in [-0.4, -0.2) is 48.3 Å². The maximum absolute atomic E-state index is 6.15. The highest BCUT2D eigenvalue weighted by Gasteiger charge is 2.40. The first kappa shape index (κ1) is 15.9. The van der Waals surface area contributed by atoms with Gasteiger partial charge in [0.05, 0.1) is 11.2 Å². The Morgan fingerprint density at radius 1 is 1.11 bits per heavy atom. The second-order valence-electron chi connectivity index (χ2n) is 7.05. The van der Waals surface area contributed by atoms with E-state index in [9.17, 15) is 0 Å². The molecule has 3 nitrogen and oxygen atoms in total. The lowest BCUT2D eigenvalue weighted by atomic mass is 9.94. The molecule has 108 valence electrons. The molecule has 1 fully saturated rings. The molecule has 1 rings (SSSR count). The zero-order chi connectivity index (χ0) is 14.0. The van der Waals surface area contributed by atoms with Gasteiger partial charge in [0, 0.05) is 19.1 Å². The summed E-state index contributed by atoms with van der Waals surface area (Å²) in [6.07, 6.45) is 0. The summed E-state index contributed by atoms with van der Waals surface area (Å²) in [5.41, 5.74) is -0.0954. The van der Waals surface area contributed by atoms with Crippen LogP contribution in [0.25, 0.3) is 0 Å². The first-order valence-electron chi connectivity index (χ1n) is 7.32. The molecule has 1 heterocycles. The Kier molecular flexibility index (Phi) is 5.22. The number of nitrogens with zero attached hydrogens (tertiary/aromatic N) is 1. The minimum atomic E-state index is -0.0477. The van der Waals surface area contributed by atoms with E-state index < -0.39 is 0 Å². The lowest BCUT2D eigenvalue weighted by Gasteiger charge is -2.50. The smallest absolute Gasteiger partial charge is 0.0760 e. The lowest BCUT2D eigenvalue weighted by molar-refractivity contribution is -0.189. The fraction of sp³-hybridized carbons (Fsp3) is 1.00. The molecular formula is C15H32N2O. The molecule has 18 heavy (non-hydrogen) atoms. The Bertz CT molecular complexity index is 247. The summed E-state index contributed by atoms with van der Waals surface area (Å²) in [6.45, 7) is 19.8. The van der Waals surface area contributed by atoms with E-state index in [1.807, 2.05) is 0 Å². The highest BCUT2D eigenvalue weighted by atomic mass is 16.5. The topological polar surface area (TPSA) is 24.5 Å². The quantitative estimate of drug-likeness (QED) is 0.818. The van der Waals surface area contributed by atoms with Gasteiger partial charge in [0.25, 0.3) is 0 Å². The first-order chi connectivity index (χ1) is 8.17. The number of nitrogens with one attached hydrogen (secondary N) is 1. The van der Waals surface area contributed by atoms with Crippen molar-refractivity contribution in [3.05, 3.63) is 0 Å². The van der Waals surface area contributed by atoms with E-state index in [4.69, 9.17) is 4.74 Å². The summed E-state index contributed by atoms with van der Waals surface area (Å²) in [6, 6.07) is 0.589. The predicted octanol–water partition coefficient (Wildman–Crippen LogP) is 2.51. The van der Waals surface area contributed by atoms with Crippen LogP contribution in [0.1, 0.15) is 48.5 Å². The van der Waals surface area contributed by atoms with Gasteiger partial charge in [-0.15, -0.1) is 0 Å². The fourth-order valence-electron chi connectivity index (χ4n) is 3.04. The first-order valence-corrected chi connectivity index (χ1v) is 7.32. The fourth-order valence-corrected chi connectivity index (χ4v) is 3.04. The van der Waals surface area contributed by atoms with Crippen molar-refractivity contribution in [3.63, 3.8) is 0 Å². The summed E-state index contributed by atoms with van der Waals surface area (Å²) in [5.74, 6) is 0.662. The second kappa shape index (κ2) is 5.89. The van der Waals surface area contributed by atoms with E-state index in [0.717, 1.165) is 26.2 Å². The van der Waals surface area contributed by atoms with Crippen LogP contribution in [0.5, 0.6) is 0 Å². The highest BCUT2D eigenvalue weighted by Crippen LogP contribution is 2.30. The van der Waals surface area contributed by atoms with Crippen molar-refractivity contribution in [2.45, 2.75) is 65.7 Å². The molecule has 1 aliphatic rings. The van der Waals surface area contributed by atoms with Gasteiger partial charge in [0.15, 0.2) is 0 Å². The Morgan fingerprint density at radius 3 is 2.06 bits per heavy atom. The molecule has 0 saturated carbocycles. The van der Waals surface area contributed by atoms with Gasteiger partial charge in [0.2, 0.25) is 0 Å². The maximum atomic E-state index is 6.15. The SMILES string of the molecule is CCNCC(C)C(C)N1CC(C)(C)OC(C)(C)C1. The van der Waals surface area contributed by atoms with Gasteiger partial charge in [-0.2, -0.15) is 0 Å². The molecule has 0 aromatic carbocycles. The summed E-state index contributed by atoms with van der Waals surface area (Å²) in [4.78, 5) is 2.59. The van der Waals surface area contributed by atoms with Gasteiger partial charge in [-0.1, -0.05) is 13.8 Å². The zero-order valence-electron chi connectivity index (χ0n) is 13.3. The summed E-state index contributed by atoms with van der Waals surface area (Å²) >= 11 is 0. The van der Waals surface area contributed by atoms with E-state index >= 15 is 0 Å². The molecule has 2 unspecified atom stereocenters. The summed E-state index contributed by atoms with van der Waals surface area (Å²) < 4.78 is 6.15. The van der Waals surface area contributed by atoms with Crippen molar-refractivity contribution in [1.82, 2.24) is 10.2 Å². The van der Waals surface area contributed by atoms with Gasteiger partial charge in [0.1, 0.15) is 0 Å². The third-order valence-corrected chi connectivity index (χ3v) is 3.84. The summed E-state index contributed by atoms with van der Waals surface area (Å²) in [7, 11) is 0. The van der Waals surface area contributed by atoms with Crippen molar-refractivity contribution in [2.75, 3.05) is 26.2 Å². The molecule has 2 atom stereocenters. The minimum absolute atomic E-state index is 0.0477. The Morgan fingerprint density at radius 2 is 1.61 bits per heavy atom. The molecule has 1 saturated heterocycles. The normalized spacial score (nSPS) is 26.8. The van der Waals surface area contributed by atoms with Gasteiger partial charge < -0.3 is 10.1 Å². The predicted molar refractivity (Wildman–Crippen MR) is 78.0 cm³/mol. The standard InChI is InChI=1S/C15H32N2O/c1-8-16-9-12(2)13(3)17-10-14(4,5)18-15(6,7)11-17/h12-13,16H,8-11H2,1-7H3. The molecule has 0 bridgehead atoms. The van der Waals surface area contributed by atoms with Gasteiger partial charge in [-0.25, -0.2) is 0 Å². The third kappa shape index (κ3) is 4.52.